The van der Waals surface area contributed by atoms with Gasteiger partial charge < -0.3 is 15.0 Å². The smallest absolute Gasteiger partial charge is 0.128 e. The fourth-order valence-electron chi connectivity index (χ4n) is 6.69. The van der Waals surface area contributed by atoms with Gasteiger partial charge in [-0.15, -0.1) is 0 Å². The zero-order valence-corrected chi connectivity index (χ0v) is 22.8. The number of rotatable bonds is 6. The largest absolute Gasteiger partial charge is 0.493 e. The molecule has 3 aliphatic rings. The molecular formula is C31H36ClFN4O. The summed E-state index contributed by atoms with van der Waals surface area (Å²) in [5.41, 5.74) is 5.55. The van der Waals surface area contributed by atoms with Crippen LogP contribution in [-0.2, 0) is 12.0 Å². The number of para-hydroxylation sites is 1. The van der Waals surface area contributed by atoms with Crippen LogP contribution in [0.2, 0.25) is 5.02 Å². The fraction of sp³-hybridized carbons (Fsp3) is 0.452. The van der Waals surface area contributed by atoms with Crippen molar-refractivity contribution < 1.29 is 9.13 Å². The van der Waals surface area contributed by atoms with Gasteiger partial charge in [0.1, 0.15) is 11.6 Å². The van der Waals surface area contributed by atoms with Crippen molar-refractivity contribution >= 4 is 17.3 Å². The normalized spacial score (nSPS) is 21.0. The Bertz CT molecular complexity index is 1290. The third-order valence-electron chi connectivity index (χ3n) is 8.52. The highest BCUT2D eigenvalue weighted by Crippen LogP contribution is 2.44. The molecule has 2 aromatic carbocycles. The summed E-state index contributed by atoms with van der Waals surface area (Å²) in [5.74, 6) is 0.585. The Morgan fingerprint density at radius 2 is 1.97 bits per heavy atom. The van der Waals surface area contributed by atoms with Crippen LogP contribution in [0.5, 0.6) is 5.75 Å². The summed E-state index contributed by atoms with van der Waals surface area (Å²) in [4.78, 5) is 10.2. The number of anilines is 1. The molecule has 2 fully saturated rings. The van der Waals surface area contributed by atoms with Crippen LogP contribution in [0.15, 0.2) is 54.6 Å². The number of pyridine rings is 1. The van der Waals surface area contributed by atoms with Gasteiger partial charge in [-0.25, -0.2) is 4.39 Å². The van der Waals surface area contributed by atoms with Crippen molar-refractivity contribution in [3.63, 3.8) is 0 Å². The van der Waals surface area contributed by atoms with E-state index < -0.39 is 0 Å². The molecule has 3 aromatic rings. The van der Waals surface area contributed by atoms with E-state index in [0.29, 0.717) is 17.7 Å². The number of ether oxygens (including phenoxy) is 1. The van der Waals surface area contributed by atoms with E-state index in [2.05, 4.69) is 39.4 Å². The van der Waals surface area contributed by atoms with E-state index >= 15 is 0 Å². The number of aromatic nitrogens is 1. The Morgan fingerprint density at radius 3 is 2.74 bits per heavy atom. The van der Waals surface area contributed by atoms with Crippen LogP contribution in [0, 0.1) is 5.82 Å². The highest BCUT2D eigenvalue weighted by atomic mass is 35.5. The van der Waals surface area contributed by atoms with Gasteiger partial charge in [-0.2, -0.15) is 0 Å². The molecule has 4 heterocycles. The summed E-state index contributed by atoms with van der Waals surface area (Å²) in [7, 11) is 0. The maximum atomic E-state index is 13.7. The minimum Gasteiger partial charge on any atom is -0.493 e. The lowest BCUT2D eigenvalue weighted by molar-refractivity contribution is 0.140. The quantitative estimate of drug-likeness (QED) is 0.417. The van der Waals surface area contributed by atoms with Gasteiger partial charge in [-0.3, -0.25) is 9.88 Å². The molecule has 38 heavy (non-hydrogen) atoms. The third-order valence-corrected chi connectivity index (χ3v) is 8.82. The number of piperidine rings is 1. The van der Waals surface area contributed by atoms with E-state index in [-0.39, 0.29) is 11.2 Å². The number of halogens is 2. The molecular weight excluding hydrogens is 499 g/mol. The second-order valence-electron chi connectivity index (χ2n) is 10.9. The van der Waals surface area contributed by atoms with E-state index in [1.54, 1.807) is 0 Å². The Kier molecular flexibility index (Phi) is 7.30. The zero-order valence-electron chi connectivity index (χ0n) is 22.1. The van der Waals surface area contributed by atoms with Gasteiger partial charge in [0, 0.05) is 49.7 Å². The SMILES string of the molecule is CCOc1ccccc1-c1ccc2c(n1)CN(C[C@H]1CCCN1)CC21CCN(c2ccc(F)cc2Cl)CC1. The average Bonchev–Trinajstić information content (AvgIpc) is 3.43. The number of nitrogens with zero attached hydrogens (tertiary/aromatic N) is 3. The number of benzene rings is 2. The zero-order chi connectivity index (χ0) is 26.1. The van der Waals surface area contributed by atoms with E-state index in [9.17, 15) is 4.39 Å². The maximum Gasteiger partial charge on any atom is 0.128 e. The number of fused-ring (bicyclic) bond motifs is 2. The molecule has 3 aliphatic heterocycles. The highest BCUT2D eigenvalue weighted by molar-refractivity contribution is 6.33. The summed E-state index contributed by atoms with van der Waals surface area (Å²) in [5, 5.41) is 4.17. The van der Waals surface area contributed by atoms with Crippen molar-refractivity contribution in [1.82, 2.24) is 15.2 Å². The maximum absolute atomic E-state index is 13.7. The molecule has 0 bridgehead atoms. The van der Waals surface area contributed by atoms with Crippen molar-refractivity contribution in [1.29, 1.82) is 0 Å². The second kappa shape index (κ2) is 10.8. The first-order chi connectivity index (χ1) is 18.5. The Morgan fingerprint density at radius 1 is 1.13 bits per heavy atom. The van der Waals surface area contributed by atoms with Crippen molar-refractivity contribution in [3.05, 3.63) is 76.7 Å². The second-order valence-corrected chi connectivity index (χ2v) is 11.4. The average molecular weight is 535 g/mol. The Labute approximate surface area is 230 Å². The predicted octanol–water partition coefficient (Wildman–Crippen LogP) is 6.05. The standard InChI is InChI=1S/C31H36ClFN4O/c1-2-38-30-8-4-3-7-24(30)27-11-10-25-28(35-27)20-36(19-23-6-5-15-34-23)21-31(25)13-16-37(17-14-31)29-12-9-22(33)18-26(29)32/h3-4,7-12,18,23,34H,2,5-6,13-17,19-21H2,1H3/t23-/m1/s1. The molecule has 1 N–H and O–H groups in total. The van der Waals surface area contributed by atoms with Crippen molar-refractivity contribution in [3.8, 4) is 17.0 Å². The first-order valence-corrected chi connectivity index (χ1v) is 14.3. The lowest BCUT2D eigenvalue weighted by Gasteiger charge is -2.49. The van der Waals surface area contributed by atoms with Gasteiger partial charge in [0.05, 0.1) is 28.7 Å². The van der Waals surface area contributed by atoms with Crippen molar-refractivity contribution in [2.75, 3.05) is 44.2 Å². The molecule has 0 unspecified atom stereocenters. The molecule has 7 heteroatoms. The molecule has 1 spiro atoms. The number of hydrogen-bond donors (Lipinski definition) is 1. The lowest BCUT2D eigenvalue weighted by Crippen LogP contribution is -2.54. The van der Waals surface area contributed by atoms with Gasteiger partial charge in [0.2, 0.25) is 0 Å². The molecule has 0 radical (unpaired) electrons. The predicted molar refractivity (Wildman–Crippen MR) is 152 cm³/mol. The summed E-state index contributed by atoms with van der Waals surface area (Å²) in [6.45, 7) is 8.49. The van der Waals surface area contributed by atoms with Gasteiger partial charge >= 0.3 is 0 Å². The summed E-state index contributed by atoms with van der Waals surface area (Å²) in [6.07, 6.45) is 4.52. The Hall–Kier alpha value is -2.67. The summed E-state index contributed by atoms with van der Waals surface area (Å²) in [6, 6.07) is 18.0. The monoisotopic (exact) mass is 534 g/mol. The molecule has 1 aromatic heterocycles. The molecule has 0 saturated carbocycles. The first-order valence-electron chi connectivity index (χ1n) is 13.9. The number of nitrogens with one attached hydrogen (secondary N) is 1. The topological polar surface area (TPSA) is 40.6 Å². The molecule has 0 amide bonds. The molecule has 0 aliphatic carbocycles. The minimum atomic E-state index is -0.294. The van der Waals surface area contributed by atoms with E-state index in [0.717, 1.165) is 74.8 Å². The van der Waals surface area contributed by atoms with Crippen LogP contribution in [0.3, 0.4) is 0 Å². The summed E-state index contributed by atoms with van der Waals surface area (Å²) >= 11 is 6.43. The highest BCUT2D eigenvalue weighted by Gasteiger charge is 2.43. The van der Waals surface area contributed by atoms with Crippen LogP contribution in [0.1, 0.15) is 43.9 Å². The first kappa shape index (κ1) is 25.6. The molecule has 1 atom stereocenters. The van der Waals surface area contributed by atoms with Gasteiger partial charge in [-0.05, 0) is 81.1 Å². The Balaban J connectivity index is 1.32. The third kappa shape index (κ3) is 5.02. The number of hydrogen-bond acceptors (Lipinski definition) is 5. The molecule has 5 nitrogen and oxygen atoms in total. The lowest BCUT2D eigenvalue weighted by atomic mass is 9.69. The van der Waals surface area contributed by atoms with Crippen LogP contribution >= 0.6 is 11.6 Å². The minimum absolute atomic E-state index is 0.0418. The molecule has 2 saturated heterocycles. The molecule has 6 rings (SSSR count). The van der Waals surface area contributed by atoms with Crippen molar-refractivity contribution in [2.24, 2.45) is 0 Å². The summed E-state index contributed by atoms with van der Waals surface area (Å²) < 4.78 is 19.6. The van der Waals surface area contributed by atoms with Crippen molar-refractivity contribution in [2.45, 2.75) is 50.6 Å². The van der Waals surface area contributed by atoms with Crippen LogP contribution in [-0.4, -0.2) is 55.3 Å². The van der Waals surface area contributed by atoms with Gasteiger partial charge in [0.15, 0.2) is 0 Å². The van der Waals surface area contributed by atoms with E-state index in [1.807, 2.05) is 25.1 Å². The van der Waals surface area contributed by atoms with Crippen LogP contribution in [0.25, 0.3) is 11.3 Å². The van der Waals surface area contributed by atoms with Crippen LogP contribution in [0.4, 0.5) is 10.1 Å². The van der Waals surface area contributed by atoms with E-state index in [4.69, 9.17) is 21.3 Å². The van der Waals surface area contributed by atoms with Crippen LogP contribution < -0.4 is 15.0 Å². The van der Waals surface area contributed by atoms with Gasteiger partial charge in [-0.1, -0.05) is 29.8 Å². The van der Waals surface area contributed by atoms with E-state index in [1.165, 1.54) is 36.2 Å². The molecule has 200 valence electrons. The van der Waals surface area contributed by atoms with Gasteiger partial charge in [0.25, 0.3) is 0 Å². The fourth-order valence-corrected chi connectivity index (χ4v) is 6.98.